The number of fused-ring (bicyclic) bond motifs is 1. The highest BCUT2D eigenvalue weighted by molar-refractivity contribution is 7.89. The molecule has 0 aliphatic carbocycles. The zero-order chi connectivity index (χ0) is 16.4. The van der Waals surface area contributed by atoms with Gasteiger partial charge in [0.25, 0.3) is 0 Å². The van der Waals surface area contributed by atoms with Crippen LogP contribution in [0.5, 0.6) is 5.75 Å². The van der Waals surface area contributed by atoms with Crippen LogP contribution in [0.3, 0.4) is 0 Å². The molecule has 0 aliphatic heterocycles. The van der Waals surface area contributed by atoms with Crippen LogP contribution in [-0.2, 0) is 16.6 Å². The van der Waals surface area contributed by atoms with Gasteiger partial charge in [-0.05, 0) is 40.6 Å². The van der Waals surface area contributed by atoms with Gasteiger partial charge in [0.1, 0.15) is 10.6 Å². The number of halogens is 1. The summed E-state index contributed by atoms with van der Waals surface area (Å²) in [6.07, 6.45) is 0. The third-order valence-electron chi connectivity index (χ3n) is 3.43. The van der Waals surface area contributed by atoms with Crippen LogP contribution >= 0.6 is 22.9 Å². The Labute approximate surface area is 143 Å². The number of hydrogen-bond donors (Lipinski definition) is 1. The van der Waals surface area contributed by atoms with Crippen molar-refractivity contribution >= 4 is 43.0 Å². The van der Waals surface area contributed by atoms with Crippen molar-refractivity contribution in [2.45, 2.75) is 11.4 Å². The molecular formula is C16H14ClNO3S2. The lowest BCUT2D eigenvalue weighted by Gasteiger charge is -2.11. The minimum Gasteiger partial charge on any atom is -0.495 e. The first-order valence-electron chi connectivity index (χ1n) is 6.79. The summed E-state index contributed by atoms with van der Waals surface area (Å²) in [6, 6.07) is 12.4. The average molecular weight is 368 g/mol. The van der Waals surface area contributed by atoms with E-state index < -0.39 is 10.0 Å². The summed E-state index contributed by atoms with van der Waals surface area (Å²) < 4.78 is 34.0. The van der Waals surface area contributed by atoms with Crippen molar-refractivity contribution < 1.29 is 13.2 Å². The van der Waals surface area contributed by atoms with Gasteiger partial charge < -0.3 is 4.74 Å². The van der Waals surface area contributed by atoms with Crippen LogP contribution in [0.2, 0.25) is 5.02 Å². The molecule has 3 rings (SSSR count). The number of methoxy groups -OCH3 is 1. The first kappa shape index (κ1) is 16.3. The van der Waals surface area contributed by atoms with E-state index in [1.165, 1.54) is 19.2 Å². The molecule has 1 N–H and O–H groups in total. The van der Waals surface area contributed by atoms with Crippen LogP contribution in [-0.4, -0.2) is 15.5 Å². The minimum atomic E-state index is -3.73. The number of sulfonamides is 1. The number of rotatable bonds is 5. The fraction of sp³-hybridized carbons (Fsp3) is 0.125. The van der Waals surface area contributed by atoms with Gasteiger partial charge in [0, 0.05) is 16.3 Å². The molecule has 4 nitrogen and oxygen atoms in total. The Morgan fingerprint density at radius 3 is 2.78 bits per heavy atom. The maximum atomic E-state index is 12.5. The molecule has 120 valence electrons. The average Bonchev–Trinajstić information content (AvgIpc) is 2.96. The Hall–Kier alpha value is -1.60. The van der Waals surface area contributed by atoms with Crippen LogP contribution in [0, 0.1) is 0 Å². The molecule has 2 aromatic carbocycles. The van der Waals surface area contributed by atoms with E-state index in [1.54, 1.807) is 17.4 Å². The second-order valence-electron chi connectivity index (χ2n) is 4.88. The molecule has 0 saturated carbocycles. The first-order valence-corrected chi connectivity index (χ1v) is 9.53. The molecule has 0 unspecified atom stereocenters. The van der Waals surface area contributed by atoms with Gasteiger partial charge in [-0.3, -0.25) is 0 Å². The quantitative estimate of drug-likeness (QED) is 0.740. The summed E-state index contributed by atoms with van der Waals surface area (Å²) in [7, 11) is -2.30. The lowest BCUT2D eigenvalue weighted by molar-refractivity contribution is 0.402. The van der Waals surface area contributed by atoms with Gasteiger partial charge in [0.05, 0.1) is 7.11 Å². The maximum absolute atomic E-state index is 12.5. The number of thiophene rings is 1. The molecule has 3 aromatic rings. The standard InChI is InChI=1S/C16H14ClNO3S2/c1-21-14-7-6-12(17)8-16(14)23(19,20)18-9-11-10-22-15-5-3-2-4-13(11)15/h2-8,10,18H,9H2,1H3. The van der Waals surface area contributed by atoms with E-state index in [1.807, 2.05) is 29.6 Å². The van der Waals surface area contributed by atoms with Gasteiger partial charge in [0.2, 0.25) is 10.0 Å². The molecular weight excluding hydrogens is 354 g/mol. The minimum absolute atomic E-state index is 0.0343. The first-order chi connectivity index (χ1) is 11.0. The molecule has 0 amide bonds. The van der Waals surface area contributed by atoms with Crippen LogP contribution < -0.4 is 9.46 Å². The number of benzene rings is 2. The van der Waals surface area contributed by atoms with Crippen LogP contribution in [0.4, 0.5) is 0 Å². The van der Waals surface area contributed by atoms with Gasteiger partial charge >= 0.3 is 0 Å². The van der Waals surface area contributed by atoms with Crippen molar-refractivity contribution in [2.75, 3.05) is 7.11 Å². The van der Waals surface area contributed by atoms with E-state index >= 15 is 0 Å². The predicted octanol–water partition coefficient (Wildman–Crippen LogP) is 4.04. The summed E-state index contributed by atoms with van der Waals surface area (Å²) in [4.78, 5) is 0.0343. The van der Waals surface area contributed by atoms with E-state index in [4.69, 9.17) is 16.3 Å². The number of nitrogens with one attached hydrogen (secondary N) is 1. The number of hydrogen-bond acceptors (Lipinski definition) is 4. The molecule has 0 radical (unpaired) electrons. The third kappa shape index (κ3) is 3.35. The van der Waals surface area contributed by atoms with Crippen LogP contribution in [0.15, 0.2) is 52.7 Å². The Balaban J connectivity index is 1.89. The van der Waals surface area contributed by atoms with Gasteiger partial charge in [-0.2, -0.15) is 0 Å². The van der Waals surface area contributed by atoms with E-state index in [2.05, 4.69) is 4.72 Å². The zero-order valence-corrected chi connectivity index (χ0v) is 14.6. The lowest BCUT2D eigenvalue weighted by Crippen LogP contribution is -2.23. The normalized spacial score (nSPS) is 11.7. The fourth-order valence-corrected chi connectivity index (χ4v) is 4.68. The van der Waals surface area contributed by atoms with Gasteiger partial charge in [-0.1, -0.05) is 29.8 Å². The van der Waals surface area contributed by atoms with E-state index in [0.717, 1.165) is 15.6 Å². The molecule has 0 aliphatic rings. The molecule has 1 heterocycles. The highest BCUT2D eigenvalue weighted by Gasteiger charge is 2.20. The molecule has 23 heavy (non-hydrogen) atoms. The van der Waals surface area contributed by atoms with Crippen molar-refractivity contribution in [3.05, 3.63) is 58.4 Å². The van der Waals surface area contributed by atoms with Crippen molar-refractivity contribution in [3.8, 4) is 5.75 Å². The molecule has 0 bridgehead atoms. The smallest absolute Gasteiger partial charge is 0.244 e. The molecule has 7 heteroatoms. The summed E-state index contributed by atoms with van der Waals surface area (Å²) in [5, 5.41) is 3.35. The largest absolute Gasteiger partial charge is 0.495 e. The van der Waals surface area contributed by atoms with Crippen molar-refractivity contribution in [1.29, 1.82) is 0 Å². The maximum Gasteiger partial charge on any atom is 0.244 e. The SMILES string of the molecule is COc1ccc(Cl)cc1S(=O)(=O)NCc1csc2ccccc12. The monoisotopic (exact) mass is 367 g/mol. The second-order valence-corrected chi connectivity index (χ2v) is 7.96. The fourth-order valence-electron chi connectivity index (χ4n) is 2.28. The molecule has 1 aromatic heterocycles. The van der Waals surface area contributed by atoms with Crippen LogP contribution in [0.25, 0.3) is 10.1 Å². The van der Waals surface area contributed by atoms with Crippen molar-refractivity contribution in [1.82, 2.24) is 4.72 Å². The molecule has 0 fully saturated rings. The number of ether oxygens (including phenoxy) is 1. The van der Waals surface area contributed by atoms with Gasteiger partial charge in [-0.25, -0.2) is 13.1 Å². The molecule has 0 saturated heterocycles. The summed E-state index contributed by atoms with van der Waals surface area (Å²) >= 11 is 7.50. The van der Waals surface area contributed by atoms with E-state index in [0.29, 0.717) is 5.02 Å². The highest BCUT2D eigenvalue weighted by atomic mass is 35.5. The van der Waals surface area contributed by atoms with E-state index in [9.17, 15) is 8.42 Å². The molecule has 0 atom stereocenters. The summed E-state index contributed by atoms with van der Waals surface area (Å²) in [6.45, 7) is 0.210. The Morgan fingerprint density at radius 2 is 2.00 bits per heavy atom. The van der Waals surface area contributed by atoms with Crippen molar-refractivity contribution in [3.63, 3.8) is 0 Å². The zero-order valence-electron chi connectivity index (χ0n) is 12.2. The summed E-state index contributed by atoms with van der Waals surface area (Å²) in [5.74, 6) is 0.261. The van der Waals surface area contributed by atoms with Crippen molar-refractivity contribution in [2.24, 2.45) is 0 Å². The highest BCUT2D eigenvalue weighted by Crippen LogP contribution is 2.28. The lowest BCUT2D eigenvalue weighted by atomic mass is 10.2. The van der Waals surface area contributed by atoms with E-state index in [-0.39, 0.29) is 17.2 Å². The van der Waals surface area contributed by atoms with Gasteiger partial charge in [-0.15, -0.1) is 11.3 Å². The predicted molar refractivity (Wildman–Crippen MR) is 93.9 cm³/mol. The Kier molecular flexibility index (Phi) is 4.59. The Morgan fingerprint density at radius 1 is 1.22 bits per heavy atom. The Bertz CT molecular complexity index is 951. The second kappa shape index (κ2) is 6.49. The topological polar surface area (TPSA) is 55.4 Å². The third-order valence-corrected chi connectivity index (χ3v) is 6.10. The van der Waals surface area contributed by atoms with Gasteiger partial charge in [0.15, 0.2) is 0 Å². The van der Waals surface area contributed by atoms with Crippen LogP contribution in [0.1, 0.15) is 5.56 Å². The summed E-state index contributed by atoms with van der Waals surface area (Å²) in [5.41, 5.74) is 0.940. The molecule has 0 spiro atoms.